The Morgan fingerprint density at radius 2 is 1.39 bits per heavy atom. The first-order valence-electron chi connectivity index (χ1n) is 20.9. The van der Waals surface area contributed by atoms with Gasteiger partial charge in [0.25, 0.3) is 17.0 Å². The van der Waals surface area contributed by atoms with E-state index in [0.29, 0.717) is 18.1 Å². The molecule has 0 bridgehead atoms. The van der Waals surface area contributed by atoms with Crippen LogP contribution >= 0.6 is 24.4 Å². The molecule has 1 aliphatic rings. The van der Waals surface area contributed by atoms with Crippen LogP contribution in [0.2, 0.25) is 0 Å². The summed E-state index contributed by atoms with van der Waals surface area (Å²) in [6.45, 7) is 11.2. The number of hydrogen-bond donors (Lipinski definition) is 3. The van der Waals surface area contributed by atoms with Crippen LogP contribution in [0.4, 0.5) is 44.7 Å². The lowest BCUT2D eigenvalue weighted by molar-refractivity contribution is -0.144. The van der Waals surface area contributed by atoms with E-state index < -0.39 is 74.5 Å². The second-order valence-corrected chi connectivity index (χ2v) is 16.9. The number of anilines is 3. The molecule has 368 valence electrons. The summed E-state index contributed by atoms with van der Waals surface area (Å²) in [6, 6.07) is 13.6. The van der Waals surface area contributed by atoms with E-state index in [0.717, 1.165) is 55.4 Å². The molecule has 0 saturated carbocycles. The smallest absolute Gasteiger partial charge is 0.417 e. The van der Waals surface area contributed by atoms with Crippen LogP contribution in [-0.4, -0.2) is 69.3 Å². The Morgan fingerprint density at radius 3 is 1.89 bits per heavy atom. The van der Waals surface area contributed by atoms with Crippen molar-refractivity contribution in [2.75, 3.05) is 22.2 Å². The summed E-state index contributed by atoms with van der Waals surface area (Å²) in [5.74, 6) is -4.14. The van der Waals surface area contributed by atoms with Gasteiger partial charge in [-0.3, -0.25) is 28.1 Å². The highest BCUT2D eigenvalue weighted by molar-refractivity contribution is 7.81. The number of nitrogens with one attached hydrogen (secondary N) is 1. The highest BCUT2D eigenvalue weighted by Gasteiger charge is 2.51. The molecule has 0 spiro atoms. The zero-order valence-corrected chi connectivity index (χ0v) is 40.5. The Bertz CT molecular complexity index is 3430. The summed E-state index contributed by atoms with van der Waals surface area (Å²) >= 11 is 9.88. The molecule has 0 aliphatic carbocycles. The number of alkyl halides is 3. The van der Waals surface area contributed by atoms with Gasteiger partial charge in [0.05, 0.1) is 75.2 Å². The number of ether oxygens (including phenoxy) is 1. The fourth-order valence-corrected chi connectivity index (χ4v) is 7.79. The number of thiocarbonyl (C=S) groups is 2. The molecule has 6 aromatic rings. The van der Waals surface area contributed by atoms with E-state index in [-0.39, 0.29) is 51.3 Å². The molecule has 0 atom stereocenters. The number of hydrogen-bond acceptors (Lipinski definition) is 15. The molecular formula is C47H41F5N10O7S2. The summed E-state index contributed by atoms with van der Waals surface area (Å²) in [4.78, 5) is 63.6. The van der Waals surface area contributed by atoms with Gasteiger partial charge in [0.1, 0.15) is 11.1 Å². The molecule has 7 rings (SSSR count). The number of halogens is 5. The Balaban J connectivity index is 0.000000227. The fourth-order valence-electron chi connectivity index (χ4n) is 7.16. The van der Waals surface area contributed by atoms with Crippen molar-refractivity contribution in [3.05, 3.63) is 127 Å². The van der Waals surface area contributed by atoms with Crippen LogP contribution in [0.5, 0.6) is 11.5 Å². The third-order valence-corrected chi connectivity index (χ3v) is 11.2. The molecule has 0 unspecified atom stereocenters. The van der Waals surface area contributed by atoms with Crippen LogP contribution in [-0.2, 0) is 33.3 Å². The molecule has 4 aromatic heterocycles. The van der Waals surface area contributed by atoms with Crippen LogP contribution in [0.15, 0.2) is 75.5 Å². The SMILES string of the molecule is CCc1nc2c(F)cc(N3C(=S)N(c4ccc(C#N)c(C(F)(F)F)c4)C(=O)C3(C)C)cn2c(=O)c1O.CCc1nc2c(F)cc(NC(C)(C)C(=O)OC)cn2c(=O)c1O.Cc1cc(N=C=S)ccc1C#N. The van der Waals surface area contributed by atoms with Crippen molar-refractivity contribution in [3.8, 4) is 23.6 Å². The summed E-state index contributed by atoms with van der Waals surface area (Å²) in [7, 11) is 1.24. The highest BCUT2D eigenvalue weighted by atomic mass is 32.1. The third-order valence-electron chi connectivity index (χ3n) is 10.8. The number of nitrogens with zero attached hydrogens (tertiary/aromatic N) is 9. The van der Waals surface area contributed by atoms with Crippen LogP contribution < -0.4 is 26.2 Å². The summed E-state index contributed by atoms with van der Waals surface area (Å²) in [5.41, 5.74) is -4.45. The number of isothiocyanates is 1. The van der Waals surface area contributed by atoms with Crippen molar-refractivity contribution < 1.29 is 46.5 Å². The summed E-state index contributed by atoms with van der Waals surface area (Å²) < 4.78 is 76.2. The molecule has 3 N–H and O–H groups in total. The quantitative estimate of drug-likeness (QED) is 0.0568. The number of rotatable bonds is 8. The van der Waals surface area contributed by atoms with Crippen LogP contribution in [0.1, 0.15) is 75.2 Å². The predicted molar refractivity (Wildman–Crippen MR) is 258 cm³/mol. The summed E-state index contributed by atoms with van der Waals surface area (Å²) in [5, 5.41) is 42.4. The van der Waals surface area contributed by atoms with E-state index in [4.69, 9.17) is 22.7 Å². The number of esters is 1. The normalized spacial score (nSPS) is 13.1. The Labute approximate surface area is 411 Å². The molecule has 1 aliphatic heterocycles. The third kappa shape index (κ3) is 10.7. The number of fused-ring (bicyclic) bond motifs is 2. The van der Waals surface area contributed by atoms with Crippen LogP contribution in [0.25, 0.3) is 11.3 Å². The minimum atomic E-state index is -4.87. The van der Waals surface area contributed by atoms with Gasteiger partial charge < -0.3 is 25.2 Å². The van der Waals surface area contributed by atoms with Gasteiger partial charge in [-0.1, -0.05) is 13.8 Å². The van der Waals surface area contributed by atoms with Gasteiger partial charge in [-0.05, 0) is 114 Å². The van der Waals surface area contributed by atoms with Crippen molar-refractivity contribution in [2.24, 2.45) is 4.99 Å². The molecule has 1 fully saturated rings. The topological polar surface area (TPSA) is 231 Å². The Hall–Kier alpha value is -8.18. The molecule has 5 heterocycles. The number of aryl methyl sites for hydroxylation is 3. The monoisotopic (exact) mass is 1020 g/mol. The minimum Gasteiger partial charge on any atom is -0.502 e. The van der Waals surface area contributed by atoms with Gasteiger partial charge in [0.15, 0.2) is 28.0 Å². The van der Waals surface area contributed by atoms with E-state index in [1.807, 2.05) is 6.92 Å². The molecule has 1 saturated heterocycles. The Morgan fingerprint density at radius 1 is 0.859 bits per heavy atom. The number of amides is 1. The number of nitriles is 2. The number of aromatic nitrogens is 4. The maximum absolute atomic E-state index is 15.1. The lowest BCUT2D eigenvalue weighted by Crippen LogP contribution is -2.44. The van der Waals surface area contributed by atoms with Crippen LogP contribution in [0, 0.1) is 41.2 Å². The van der Waals surface area contributed by atoms with Gasteiger partial charge in [-0.2, -0.15) is 28.7 Å². The fraction of sp³-hybridized carbons (Fsp3) is 0.277. The van der Waals surface area contributed by atoms with Gasteiger partial charge in [-0.25, -0.2) is 23.5 Å². The Kier molecular flexibility index (Phi) is 15.8. The lowest BCUT2D eigenvalue weighted by atomic mass is 10.0. The van der Waals surface area contributed by atoms with Crippen molar-refractivity contribution in [3.63, 3.8) is 0 Å². The largest absolute Gasteiger partial charge is 0.502 e. The molecule has 17 nitrogen and oxygen atoms in total. The predicted octanol–water partition coefficient (Wildman–Crippen LogP) is 7.97. The number of aromatic hydroxyl groups is 2. The van der Waals surface area contributed by atoms with Gasteiger partial charge in [-0.15, -0.1) is 0 Å². The van der Waals surface area contributed by atoms with Gasteiger partial charge in [0, 0.05) is 24.5 Å². The van der Waals surface area contributed by atoms with Crippen molar-refractivity contribution in [2.45, 2.75) is 78.6 Å². The van der Waals surface area contributed by atoms with E-state index in [1.165, 1.54) is 38.1 Å². The zero-order valence-electron chi connectivity index (χ0n) is 38.9. The second-order valence-electron chi connectivity index (χ2n) is 16.4. The average molecular weight is 1020 g/mol. The van der Waals surface area contributed by atoms with E-state index in [1.54, 1.807) is 45.9 Å². The first-order valence-corrected chi connectivity index (χ1v) is 21.7. The van der Waals surface area contributed by atoms with E-state index in [9.17, 15) is 47.0 Å². The zero-order chi connectivity index (χ0) is 53.1. The number of aliphatic imine (C=N–C) groups is 1. The highest BCUT2D eigenvalue weighted by Crippen LogP contribution is 2.40. The molecule has 24 heteroatoms. The minimum absolute atomic E-state index is 0.00584. The van der Waals surface area contributed by atoms with Gasteiger partial charge >= 0.3 is 12.1 Å². The van der Waals surface area contributed by atoms with Crippen molar-refractivity contribution >= 4 is 80.6 Å². The number of benzene rings is 2. The van der Waals surface area contributed by atoms with Crippen LogP contribution in [0.3, 0.4) is 0 Å². The maximum Gasteiger partial charge on any atom is 0.417 e. The van der Waals surface area contributed by atoms with E-state index >= 15 is 4.39 Å². The van der Waals surface area contributed by atoms with E-state index in [2.05, 4.69) is 48.5 Å². The standard InChI is InChI=1S/C23H17F4N5O3S.C15H18FN3O4.C9H6N2S/c1-4-16-17(33)19(34)30-10-13(8-15(24)18(30)29-16)32-21(36)31(20(35)22(32,2)3)12-6-5-11(9-28)14(7-12)23(25,26)27;1-5-10-11(20)13(21)19-7-8(6-9(16)12(19)17-10)18-15(2,3)14(22)23-4;1-7-4-9(11-6-12)3-2-8(7)5-10/h5-8,10,33H,4H2,1-3H3;6-7,18,20H,5H2,1-4H3;2-4H,1H3. The summed E-state index contributed by atoms with van der Waals surface area (Å²) in [6.07, 6.45) is -1.98. The lowest BCUT2D eigenvalue weighted by Gasteiger charge is -2.29. The second kappa shape index (κ2) is 20.8. The number of carbonyl (C=O) groups excluding carboxylic acids is 2. The maximum atomic E-state index is 15.1. The average Bonchev–Trinajstić information content (AvgIpc) is 3.49. The number of pyridine rings is 2. The van der Waals surface area contributed by atoms with Crippen molar-refractivity contribution in [1.82, 2.24) is 18.8 Å². The first-order chi connectivity index (χ1) is 33.2. The van der Waals surface area contributed by atoms with Gasteiger partial charge in [0.2, 0.25) is 11.5 Å². The molecule has 1 amide bonds. The molecule has 0 radical (unpaired) electrons. The number of carbonyl (C=O) groups is 2. The van der Waals surface area contributed by atoms with Crippen molar-refractivity contribution in [1.29, 1.82) is 10.5 Å². The molecule has 2 aromatic carbocycles. The first kappa shape index (κ1) is 53.8. The molecule has 71 heavy (non-hydrogen) atoms. The molecular weight excluding hydrogens is 976 g/mol. The number of methoxy groups -OCH3 is 1.